The Bertz CT molecular complexity index is 986. The van der Waals surface area contributed by atoms with Crippen LogP contribution < -0.4 is 5.32 Å². The summed E-state index contributed by atoms with van der Waals surface area (Å²) in [5, 5.41) is 4.73. The molecule has 4 nitrogen and oxygen atoms in total. The maximum Gasteiger partial charge on any atom is 0.234 e. The van der Waals surface area contributed by atoms with Gasteiger partial charge >= 0.3 is 0 Å². The number of thiophene rings is 1. The van der Waals surface area contributed by atoms with Gasteiger partial charge in [0.25, 0.3) is 0 Å². The Labute approximate surface area is 159 Å². The van der Waals surface area contributed by atoms with Crippen molar-refractivity contribution in [3.05, 3.63) is 46.3 Å². The van der Waals surface area contributed by atoms with Gasteiger partial charge in [-0.05, 0) is 56.4 Å². The van der Waals surface area contributed by atoms with Crippen LogP contribution in [0.2, 0.25) is 0 Å². The molecule has 0 atom stereocenters. The molecule has 0 radical (unpaired) electrons. The number of amides is 1. The molecule has 0 saturated heterocycles. The fraction of sp³-hybridized carbons (Fsp3) is 0.316. The van der Waals surface area contributed by atoms with E-state index in [-0.39, 0.29) is 17.5 Å². The van der Waals surface area contributed by atoms with Crippen LogP contribution in [0.4, 0.5) is 10.1 Å². The van der Waals surface area contributed by atoms with E-state index in [1.54, 1.807) is 23.5 Å². The van der Waals surface area contributed by atoms with E-state index in [2.05, 4.69) is 15.3 Å². The van der Waals surface area contributed by atoms with Crippen molar-refractivity contribution in [2.24, 2.45) is 0 Å². The van der Waals surface area contributed by atoms with Crippen LogP contribution in [-0.2, 0) is 17.6 Å². The van der Waals surface area contributed by atoms with E-state index in [1.807, 2.05) is 6.92 Å². The van der Waals surface area contributed by atoms with Crippen molar-refractivity contribution < 1.29 is 9.18 Å². The first kappa shape index (κ1) is 17.4. The van der Waals surface area contributed by atoms with E-state index >= 15 is 0 Å². The largest absolute Gasteiger partial charge is 0.325 e. The molecule has 1 amide bonds. The Kier molecular flexibility index (Phi) is 4.91. The summed E-state index contributed by atoms with van der Waals surface area (Å²) in [6, 6.07) is 5.91. The average molecular weight is 388 g/mol. The third kappa shape index (κ3) is 3.59. The molecule has 0 spiro atoms. The first-order valence-electron chi connectivity index (χ1n) is 8.57. The van der Waals surface area contributed by atoms with Crippen LogP contribution in [0.3, 0.4) is 0 Å². The molecule has 26 heavy (non-hydrogen) atoms. The zero-order chi connectivity index (χ0) is 18.1. The minimum Gasteiger partial charge on any atom is -0.325 e. The molecule has 4 rings (SSSR count). The average Bonchev–Trinajstić information content (AvgIpc) is 2.97. The fourth-order valence-corrected chi connectivity index (χ4v) is 5.50. The number of carbonyl (C=O) groups is 1. The van der Waals surface area contributed by atoms with Crippen LogP contribution in [0.15, 0.2) is 29.3 Å². The highest BCUT2D eigenvalue weighted by Gasteiger charge is 2.21. The van der Waals surface area contributed by atoms with Crippen molar-refractivity contribution in [1.82, 2.24) is 9.97 Å². The van der Waals surface area contributed by atoms with Gasteiger partial charge in [0.15, 0.2) is 0 Å². The van der Waals surface area contributed by atoms with Crippen molar-refractivity contribution in [3.63, 3.8) is 0 Å². The van der Waals surface area contributed by atoms with Gasteiger partial charge in [-0.3, -0.25) is 4.79 Å². The van der Waals surface area contributed by atoms with Crippen molar-refractivity contribution in [3.8, 4) is 0 Å². The second kappa shape index (κ2) is 7.32. The molecule has 1 N–H and O–H groups in total. The molecule has 0 unspecified atom stereocenters. The number of rotatable bonds is 4. The van der Waals surface area contributed by atoms with Crippen molar-refractivity contribution in [2.45, 2.75) is 37.6 Å². The van der Waals surface area contributed by atoms with Gasteiger partial charge in [0.1, 0.15) is 21.5 Å². The lowest BCUT2D eigenvalue weighted by Gasteiger charge is -2.12. The van der Waals surface area contributed by atoms with Gasteiger partial charge < -0.3 is 5.32 Å². The van der Waals surface area contributed by atoms with Crippen LogP contribution in [0, 0.1) is 12.7 Å². The number of halogens is 1. The summed E-state index contributed by atoms with van der Waals surface area (Å²) < 4.78 is 13.2. The summed E-state index contributed by atoms with van der Waals surface area (Å²) in [5.74, 6) is 0.416. The molecule has 1 aliphatic carbocycles. The molecular weight excluding hydrogens is 369 g/mol. The van der Waals surface area contributed by atoms with E-state index in [9.17, 15) is 9.18 Å². The molecule has 2 heterocycles. The number of nitrogens with zero attached hydrogens (tertiary/aromatic N) is 2. The first-order valence-corrected chi connectivity index (χ1v) is 10.4. The highest BCUT2D eigenvalue weighted by atomic mass is 32.2. The van der Waals surface area contributed by atoms with Crippen LogP contribution >= 0.6 is 23.1 Å². The lowest BCUT2D eigenvalue weighted by Crippen LogP contribution is -2.14. The second-order valence-corrected chi connectivity index (χ2v) is 8.36. The molecule has 0 fully saturated rings. The number of carbonyl (C=O) groups excluding carboxylic acids is 1. The Hall–Kier alpha value is -1.99. The highest BCUT2D eigenvalue weighted by molar-refractivity contribution is 8.00. The lowest BCUT2D eigenvalue weighted by molar-refractivity contribution is -0.113. The van der Waals surface area contributed by atoms with Gasteiger partial charge in [-0.25, -0.2) is 14.4 Å². The van der Waals surface area contributed by atoms with Crippen LogP contribution in [0.5, 0.6) is 0 Å². The van der Waals surface area contributed by atoms with Crippen molar-refractivity contribution in [1.29, 1.82) is 0 Å². The van der Waals surface area contributed by atoms with Gasteiger partial charge in [0.2, 0.25) is 5.91 Å². The third-order valence-corrected chi connectivity index (χ3v) is 6.50. The van der Waals surface area contributed by atoms with Gasteiger partial charge in [-0.1, -0.05) is 17.8 Å². The molecule has 0 bridgehead atoms. The molecule has 1 aromatic carbocycles. The van der Waals surface area contributed by atoms with E-state index in [1.165, 1.54) is 47.2 Å². The summed E-state index contributed by atoms with van der Waals surface area (Å²) in [6.45, 7) is 1.88. The molecule has 2 aromatic heterocycles. The number of benzene rings is 1. The summed E-state index contributed by atoms with van der Waals surface area (Å²) in [6.07, 6.45) is 4.59. The topological polar surface area (TPSA) is 54.9 Å². The summed E-state index contributed by atoms with van der Waals surface area (Å²) in [7, 11) is 0. The van der Waals surface area contributed by atoms with E-state index < -0.39 is 0 Å². The Morgan fingerprint density at radius 1 is 1.31 bits per heavy atom. The predicted molar refractivity (Wildman–Crippen MR) is 105 cm³/mol. The number of aromatic nitrogens is 2. The number of hydrogen-bond acceptors (Lipinski definition) is 5. The van der Waals surface area contributed by atoms with E-state index in [4.69, 9.17) is 0 Å². The van der Waals surface area contributed by atoms with Crippen LogP contribution in [0.1, 0.15) is 29.1 Å². The summed E-state index contributed by atoms with van der Waals surface area (Å²) in [5.41, 5.74) is 1.83. The number of fused-ring (bicyclic) bond motifs is 3. The van der Waals surface area contributed by atoms with Crippen molar-refractivity contribution >= 4 is 44.9 Å². The zero-order valence-corrected chi connectivity index (χ0v) is 16.0. The minimum atomic E-state index is -0.367. The van der Waals surface area contributed by atoms with Crippen LogP contribution in [-0.4, -0.2) is 21.6 Å². The SMILES string of the molecule is Cc1nc(SCC(=O)Nc2cccc(F)c2)c2c3c(sc2n1)CCCC3. The normalized spacial score (nSPS) is 13.6. The fourth-order valence-electron chi connectivity index (χ4n) is 3.23. The van der Waals surface area contributed by atoms with Gasteiger partial charge in [-0.15, -0.1) is 11.3 Å². The Balaban J connectivity index is 1.55. The standard InChI is InChI=1S/C19H18FN3OS2/c1-11-21-18(17-14-7-2-3-8-15(14)26-19(17)22-11)25-10-16(24)23-13-6-4-5-12(20)9-13/h4-6,9H,2-3,7-8,10H2,1H3,(H,23,24). The Morgan fingerprint density at radius 2 is 2.15 bits per heavy atom. The quantitative estimate of drug-likeness (QED) is 0.519. The van der Waals surface area contributed by atoms with E-state index in [0.29, 0.717) is 5.69 Å². The number of hydrogen-bond donors (Lipinski definition) is 1. The monoisotopic (exact) mass is 387 g/mol. The molecule has 3 aromatic rings. The third-order valence-electron chi connectivity index (χ3n) is 4.34. The molecule has 7 heteroatoms. The summed E-state index contributed by atoms with van der Waals surface area (Å²) >= 11 is 3.18. The molecule has 134 valence electrons. The van der Waals surface area contributed by atoms with Crippen molar-refractivity contribution in [2.75, 3.05) is 11.1 Å². The molecular formula is C19H18FN3OS2. The second-order valence-electron chi connectivity index (χ2n) is 6.31. The zero-order valence-electron chi connectivity index (χ0n) is 14.3. The number of thioether (sulfide) groups is 1. The lowest BCUT2D eigenvalue weighted by atomic mass is 9.97. The predicted octanol–water partition coefficient (Wildman–Crippen LogP) is 4.75. The van der Waals surface area contributed by atoms with Gasteiger partial charge in [0.05, 0.1) is 5.75 Å². The smallest absolute Gasteiger partial charge is 0.234 e. The van der Waals surface area contributed by atoms with E-state index in [0.717, 1.165) is 33.9 Å². The number of anilines is 1. The summed E-state index contributed by atoms with van der Waals surface area (Å²) in [4.78, 5) is 23.9. The Morgan fingerprint density at radius 3 is 3.00 bits per heavy atom. The molecule has 1 aliphatic rings. The molecule has 0 saturated carbocycles. The highest BCUT2D eigenvalue weighted by Crippen LogP contribution is 2.39. The first-order chi connectivity index (χ1) is 12.6. The maximum atomic E-state index is 13.2. The maximum absolute atomic E-state index is 13.2. The number of aryl methyl sites for hydroxylation is 3. The number of nitrogens with one attached hydrogen (secondary N) is 1. The van der Waals surface area contributed by atoms with Gasteiger partial charge in [-0.2, -0.15) is 0 Å². The van der Waals surface area contributed by atoms with Crippen LogP contribution in [0.25, 0.3) is 10.2 Å². The molecule has 0 aliphatic heterocycles. The van der Waals surface area contributed by atoms with Gasteiger partial charge in [0, 0.05) is 16.0 Å². The minimum absolute atomic E-state index is 0.172.